The highest BCUT2D eigenvalue weighted by Crippen LogP contribution is 2.13. The lowest BCUT2D eigenvalue weighted by atomic mass is 10.2. The molecular weight excluding hydrogens is 154 g/mol. The lowest BCUT2D eigenvalue weighted by Crippen LogP contribution is -1.96. The number of aromatic nitrogens is 1. The molecule has 1 atom stereocenters. The molecule has 1 heterocycles. The van der Waals surface area contributed by atoms with E-state index in [0.717, 1.165) is 5.56 Å². The summed E-state index contributed by atoms with van der Waals surface area (Å²) in [6, 6.07) is 3.56. The van der Waals surface area contributed by atoms with Gasteiger partial charge < -0.3 is 9.84 Å². The Morgan fingerprint density at radius 2 is 2.33 bits per heavy atom. The van der Waals surface area contributed by atoms with Gasteiger partial charge in [0.2, 0.25) is 5.88 Å². The molecule has 0 saturated carbocycles. The molecule has 0 amide bonds. The number of ether oxygens (including phenoxy) is 1. The number of hydrogen-bond donors (Lipinski definition) is 1. The van der Waals surface area contributed by atoms with E-state index in [1.54, 1.807) is 19.2 Å². The largest absolute Gasteiger partial charge is 0.478 e. The van der Waals surface area contributed by atoms with Crippen LogP contribution in [0.25, 0.3) is 0 Å². The fraction of sp³-hybridized carbons (Fsp3) is 0.444. The average molecular weight is 167 g/mol. The second-order valence-electron chi connectivity index (χ2n) is 2.54. The Morgan fingerprint density at radius 1 is 1.58 bits per heavy atom. The van der Waals surface area contributed by atoms with Crippen LogP contribution in [0.1, 0.15) is 25.5 Å². The molecule has 0 spiro atoms. The monoisotopic (exact) mass is 167 g/mol. The van der Waals surface area contributed by atoms with Crippen LogP contribution in [-0.2, 0) is 0 Å². The summed E-state index contributed by atoms with van der Waals surface area (Å²) in [5, 5.41) is 9.16. The minimum Gasteiger partial charge on any atom is -0.478 e. The predicted molar refractivity (Wildman–Crippen MR) is 46.0 cm³/mol. The van der Waals surface area contributed by atoms with Crippen LogP contribution >= 0.6 is 0 Å². The highest BCUT2D eigenvalue weighted by molar-refractivity contribution is 5.19. The quantitative estimate of drug-likeness (QED) is 0.742. The van der Waals surface area contributed by atoms with Gasteiger partial charge in [0.25, 0.3) is 0 Å². The molecule has 0 bridgehead atoms. The summed E-state index contributed by atoms with van der Waals surface area (Å²) in [6.07, 6.45) is 1.16. The van der Waals surface area contributed by atoms with E-state index in [4.69, 9.17) is 9.84 Å². The summed E-state index contributed by atoms with van der Waals surface area (Å²) in [4.78, 5) is 4.01. The lowest BCUT2D eigenvalue weighted by molar-refractivity contribution is 0.198. The standard InChI is InChI=1S/C9H13NO2/c1-3-12-9-5-4-8(6-10-9)7(2)11/h4-7,11H,3H2,1-2H3/t7-/m1/s1. The number of pyridine rings is 1. The van der Waals surface area contributed by atoms with Crippen molar-refractivity contribution < 1.29 is 9.84 Å². The van der Waals surface area contributed by atoms with Gasteiger partial charge in [-0.1, -0.05) is 0 Å². The van der Waals surface area contributed by atoms with Crippen molar-refractivity contribution in [3.05, 3.63) is 23.9 Å². The van der Waals surface area contributed by atoms with Gasteiger partial charge in [0.1, 0.15) is 0 Å². The minimum atomic E-state index is -0.465. The van der Waals surface area contributed by atoms with Crippen LogP contribution in [0.3, 0.4) is 0 Å². The van der Waals surface area contributed by atoms with Crippen LogP contribution in [0.4, 0.5) is 0 Å². The minimum absolute atomic E-state index is 0.465. The molecule has 1 rings (SSSR count). The smallest absolute Gasteiger partial charge is 0.213 e. The molecule has 3 nitrogen and oxygen atoms in total. The second kappa shape index (κ2) is 4.07. The SMILES string of the molecule is CCOc1ccc([C@@H](C)O)cn1. The van der Waals surface area contributed by atoms with Crippen molar-refractivity contribution >= 4 is 0 Å². The van der Waals surface area contributed by atoms with Crippen molar-refractivity contribution in [1.82, 2.24) is 4.98 Å². The van der Waals surface area contributed by atoms with E-state index >= 15 is 0 Å². The fourth-order valence-electron chi connectivity index (χ4n) is 0.872. The maximum absolute atomic E-state index is 9.16. The maximum Gasteiger partial charge on any atom is 0.213 e. The van der Waals surface area contributed by atoms with Crippen molar-refractivity contribution in [2.45, 2.75) is 20.0 Å². The van der Waals surface area contributed by atoms with Gasteiger partial charge in [-0.05, 0) is 25.5 Å². The van der Waals surface area contributed by atoms with E-state index in [9.17, 15) is 0 Å². The molecule has 0 aliphatic heterocycles. The Hall–Kier alpha value is -1.09. The first kappa shape index (κ1) is 9.00. The zero-order valence-electron chi connectivity index (χ0n) is 7.32. The third-order valence-electron chi connectivity index (χ3n) is 1.53. The third-order valence-corrected chi connectivity index (χ3v) is 1.53. The van der Waals surface area contributed by atoms with E-state index in [2.05, 4.69) is 4.98 Å². The number of hydrogen-bond acceptors (Lipinski definition) is 3. The van der Waals surface area contributed by atoms with Crippen LogP contribution in [-0.4, -0.2) is 16.7 Å². The molecule has 0 fully saturated rings. The highest BCUT2D eigenvalue weighted by Gasteiger charge is 2.00. The van der Waals surface area contributed by atoms with Crippen molar-refractivity contribution in [1.29, 1.82) is 0 Å². The summed E-state index contributed by atoms with van der Waals surface area (Å²) >= 11 is 0. The molecule has 0 aliphatic carbocycles. The second-order valence-corrected chi connectivity index (χ2v) is 2.54. The lowest BCUT2D eigenvalue weighted by Gasteiger charge is -2.05. The summed E-state index contributed by atoms with van der Waals surface area (Å²) in [7, 11) is 0. The molecule has 0 saturated heterocycles. The van der Waals surface area contributed by atoms with Crippen LogP contribution in [0.5, 0.6) is 5.88 Å². The van der Waals surface area contributed by atoms with Gasteiger partial charge in [-0.2, -0.15) is 0 Å². The molecule has 0 aromatic carbocycles. The maximum atomic E-state index is 9.16. The molecule has 66 valence electrons. The Labute approximate surface area is 72.0 Å². The number of nitrogens with zero attached hydrogens (tertiary/aromatic N) is 1. The zero-order chi connectivity index (χ0) is 8.97. The van der Waals surface area contributed by atoms with Gasteiger partial charge in [0.15, 0.2) is 0 Å². The van der Waals surface area contributed by atoms with E-state index in [1.165, 1.54) is 0 Å². The van der Waals surface area contributed by atoms with Crippen molar-refractivity contribution in [3.63, 3.8) is 0 Å². The fourth-order valence-corrected chi connectivity index (χ4v) is 0.872. The molecule has 0 aliphatic rings. The van der Waals surface area contributed by atoms with Gasteiger partial charge in [-0.3, -0.25) is 0 Å². The molecule has 0 radical (unpaired) electrons. The van der Waals surface area contributed by atoms with Crippen molar-refractivity contribution in [2.24, 2.45) is 0 Å². The van der Waals surface area contributed by atoms with Crippen molar-refractivity contribution in [3.8, 4) is 5.88 Å². The van der Waals surface area contributed by atoms with Gasteiger partial charge in [0, 0.05) is 12.3 Å². The van der Waals surface area contributed by atoms with Gasteiger partial charge in [0.05, 0.1) is 12.7 Å². The Bertz CT molecular complexity index is 231. The van der Waals surface area contributed by atoms with Gasteiger partial charge in [-0.15, -0.1) is 0 Å². The van der Waals surface area contributed by atoms with Gasteiger partial charge >= 0.3 is 0 Å². The Balaban J connectivity index is 2.71. The average Bonchev–Trinajstić information content (AvgIpc) is 2.06. The van der Waals surface area contributed by atoms with Crippen molar-refractivity contribution in [2.75, 3.05) is 6.61 Å². The van der Waals surface area contributed by atoms with Crippen LogP contribution in [0.15, 0.2) is 18.3 Å². The normalized spacial score (nSPS) is 12.6. The van der Waals surface area contributed by atoms with E-state index in [1.807, 2.05) is 13.0 Å². The third kappa shape index (κ3) is 2.20. The first-order chi connectivity index (χ1) is 5.74. The van der Waals surface area contributed by atoms with E-state index in [0.29, 0.717) is 12.5 Å². The molecule has 0 unspecified atom stereocenters. The molecule has 12 heavy (non-hydrogen) atoms. The number of aliphatic hydroxyl groups is 1. The number of rotatable bonds is 3. The first-order valence-corrected chi connectivity index (χ1v) is 4.01. The summed E-state index contributed by atoms with van der Waals surface area (Å²) in [6.45, 7) is 4.22. The van der Waals surface area contributed by atoms with Gasteiger partial charge in [-0.25, -0.2) is 4.98 Å². The zero-order valence-corrected chi connectivity index (χ0v) is 7.32. The molecular formula is C9H13NO2. The topological polar surface area (TPSA) is 42.4 Å². The van der Waals surface area contributed by atoms with E-state index in [-0.39, 0.29) is 0 Å². The first-order valence-electron chi connectivity index (χ1n) is 4.01. The van der Waals surface area contributed by atoms with Crippen LogP contribution in [0, 0.1) is 0 Å². The highest BCUT2D eigenvalue weighted by atomic mass is 16.5. The predicted octanol–water partition coefficient (Wildman–Crippen LogP) is 1.53. The van der Waals surface area contributed by atoms with Crippen LogP contribution in [0.2, 0.25) is 0 Å². The summed E-state index contributed by atoms with van der Waals surface area (Å²) in [5.41, 5.74) is 0.804. The molecule has 1 N–H and O–H groups in total. The van der Waals surface area contributed by atoms with E-state index < -0.39 is 6.10 Å². The number of aliphatic hydroxyl groups excluding tert-OH is 1. The molecule has 1 aromatic rings. The molecule has 1 aromatic heterocycles. The Kier molecular flexibility index (Phi) is 3.05. The molecule has 3 heteroatoms. The van der Waals surface area contributed by atoms with Crippen LogP contribution < -0.4 is 4.74 Å². The summed E-state index contributed by atoms with van der Waals surface area (Å²) in [5.74, 6) is 0.599. The Morgan fingerprint density at radius 3 is 2.75 bits per heavy atom. The summed E-state index contributed by atoms with van der Waals surface area (Å²) < 4.78 is 5.15.